The summed E-state index contributed by atoms with van der Waals surface area (Å²) in [4.78, 5) is 24.5. The molecule has 0 aromatic heterocycles. The van der Waals surface area contributed by atoms with Gasteiger partial charge in [-0.3, -0.25) is 4.79 Å². The minimum atomic E-state index is -0.675. The summed E-state index contributed by atoms with van der Waals surface area (Å²) in [5, 5.41) is 4.67. The molecule has 2 rings (SSSR count). The lowest BCUT2D eigenvalue weighted by Crippen LogP contribution is -2.42. The Hall–Kier alpha value is -2.21. The standard InChI is InChI=1S/C18H21NO4S/c1-22-16-11-13-7-5-4-6-12(13)10-14(16)17(20)19-15(8-9-24-3)18(21)23-2/h4-7,10-11,15H,8-9H2,1-3H3,(H,19,20)/t15-/m1/s1. The van der Waals surface area contributed by atoms with Gasteiger partial charge >= 0.3 is 5.97 Å². The molecule has 0 saturated heterocycles. The van der Waals surface area contributed by atoms with Gasteiger partial charge in [-0.05, 0) is 41.3 Å². The predicted octanol–water partition coefficient (Wildman–Crippen LogP) is 2.87. The van der Waals surface area contributed by atoms with Crippen LogP contribution in [0.5, 0.6) is 5.75 Å². The second kappa shape index (κ2) is 8.59. The molecule has 1 atom stereocenters. The van der Waals surface area contributed by atoms with E-state index in [0.717, 1.165) is 16.5 Å². The molecule has 2 aromatic carbocycles. The van der Waals surface area contributed by atoms with Crippen LogP contribution in [0.1, 0.15) is 16.8 Å². The van der Waals surface area contributed by atoms with Crippen molar-refractivity contribution in [2.45, 2.75) is 12.5 Å². The third kappa shape index (κ3) is 4.20. The zero-order chi connectivity index (χ0) is 17.5. The zero-order valence-electron chi connectivity index (χ0n) is 14.0. The molecule has 128 valence electrons. The third-order valence-corrected chi connectivity index (χ3v) is 4.36. The van der Waals surface area contributed by atoms with Crippen molar-refractivity contribution in [2.75, 3.05) is 26.2 Å². The van der Waals surface area contributed by atoms with Gasteiger partial charge in [0, 0.05) is 0 Å². The predicted molar refractivity (Wildman–Crippen MR) is 96.8 cm³/mol. The minimum absolute atomic E-state index is 0.353. The van der Waals surface area contributed by atoms with E-state index in [-0.39, 0.29) is 5.91 Å². The largest absolute Gasteiger partial charge is 0.496 e. The van der Waals surface area contributed by atoms with E-state index in [0.29, 0.717) is 17.7 Å². The van der Waals surface area contributed by atoms with Crippen LogP contribution in [0.15, 0.2) is 36.4 Å². The number of hydrogen-bond acceptors (Lipinski definition) is 5. The van der Waals surface area contributed by atoms with Crippen LogP contribution >= 0.6 is 11.8 Å². The van der Waals surface area contributed by atoms with E-state index >= 15 is 0 Å². The average Bonchev–Trinajstić information content (AvgIpc) is 2.62. The Morgan fingerprint density at radius 3 is 2.42 bits per heavy atom. The fourth-order valence-corrected chi connectivity index (χ4v) is 2.90. The van der Waals surface area contributed by atoms with Crippen molar-refractivity contribution in [3.05, 3.63) is 42.0 Å². The van der Waals surface area contributed by atoms with E-state index in [1.54, 1.807) is 17.8 Å². The van der Waals surface area contributed by atoms with E-state index in [4.69, 9.17) is 9.47 Å². The Balaban J connectivity index is 2.29. The van der Waals surface area contributed by atoms with Gasteiger partial charge in [0.2, 0.25) is 0 Å². The van der Waals surface area contributed by atoms with Gasteiger partial charge in [0.1, 0.15) is 11.8 Å². The lowest BCUT2D eigenvalue weighted by molar-refractivity contribution is -0.142. The van der Waals surface area contributed by atoms with Crippen LogP contribution in [0.25, 0.3) is 10.8 Å². The monoisotopic (exact) mass is 347 g/mol. The van der Waals surface area contributed by atoms with Gasteiger partial charge < -0.3 is 14.8 Å². The summed E-state index contributed by atoms with van der Waals surface area (Å²) >= 11 is 1.61. The van der Waals surface area contributed by atoms with Gasteiger partial charge in [-0.1, -0.05) is 24.3 Å². The SMILES string of the molecule is COC(=O)[C@@H](CCSC)NC(=O)c1cc2ccccc2cc1OC. The molecule has 1 N–H and O–H groups in total. The maximum atomic E-state index is 12.7. The number of hydrogen-bond donors (Lipinski definition) is 1. The maximum Gasteiger partial charge on any atom is 0.328 e. The van der Waals surface area contributed by atoms with E-state index in [2.05, 4.69) is 5.32 Å². The van der Waals surface area contributed by atoms with Crippen LogP contribution in [0, 0.1) is 0 Å². The number of esters is 1. The highest BCUT2D eigenvalue weighted by Gasteiger charge is 2.23. The fourth-order valence-electron chi connectivity index (χ4n) is 2.43. The summed E-state index contributed by atoms with van der Waals surface area (Å²) in [7, 11) is 2.84. The number of carbonyl (C=O) groups excluding carboxylic acids is 2. The van der Waals surface area contributed by atoms with Gasteiger partial charge in [-0.2, -0.15) is 11.8 Å². The van der Waals surface area contributed by atoms with E-state index < -0.39 is 12.0 Å². The van der Waals surface area contributed by atoms with Crippen LogP contribution in [0.2, 0.25) is 0 Å². The maximum absolute atomic E-state index is 12.7. The molecule has 0 aliphatic carbocycles. The highest BCUT2D eigenvalue weighted by Crippen LogP contribution is 2.26. The Bertz CT molecular complexity index is 732. The highest BCUT2D eigenvalue weighted by atomic mass is 32.2. The van der Waals surface area contributed by atoms with Gasteiger partial charge in [0.25, 0.3) is 5.91 Å². The van der Waals surface area contributed by atoms with Crippen LogP contribution in [-0.2, 0) is 9.53 Å². The molecule has 0 unspecified atom stereocenters. The quantitative estimate of drug-likeness (QED) is 0.780. The summed E-state index contributed by atoms with van der Waals surface area (Å²) in [5.41, 5.74) is 0.397. The van der Waals surface area contributed by atoms with E-state index in [9.17, 15) is 9.59 Å². The first kappa shape index (κ1) is 18.1. The summed E-state index contributed by atoms with van der Waals surface area (Å²) in [6.07, 6.45) is 2.46. The third-order valence-electron chi connectivity index (χ3n) is 3.71. The summed E-state index contributed by atoms with van der Waals surface area (Å²) in [6, 6.07) is 10.6. The number of thioether (sulfide) groups is 1. The van der Waals surface area contributed by atoms with Crippen molar-refractivity contribution in [3.8, 4) is 5.75 Å². The lowest BCUT2D eigenvalue weighted by atomic mass is 10.0. The molecule has 0 saturated carbocycles. The number of benzene rings is 2. The number of carbonyl (C=O) groups is 2. The van der Waals surface area contributed by atoms with Crippen LogP contribution < -0.4 is 10.1 Å². The molecule has 5 nitrogen and oxygen atoms in total. The molecule has 0 fully saturated rings. The Labute approximate surface area is 145 Å². The molecule has 0 spiro atoms. The Kier molecular flexibility index (Phi) is 6.49. The molecule has 1 amide bonds. The van der Waals surface area contributed by atoms with Crippen molar-refractivity contribution in [3.63, 3.8) is 0 Å². The van der Waals surface area contributed by atoms with Crippen molar-refractivity contribution in [2.24, 2.45) is 0 Å². The number of nitrogens with one attached hydrogen (secondary N) is 1. The number of methoxy groups -OCH3 is 2. The molecular formula is C18H21NO4S. The Morgan fingerprint density at radius 2 is 1.83 bits per heavy atom. The van der Waals surface area contributed by atoms with Crippen LogP contribution in [0.3, 0.4) is 0 Å². The van der Waals surface area contributed by atoms with Crippen molar-refractivity contribution < 1.29 is 19.1 Å². The first-order valence-corrected chi connectivity index (χ1v) is 8.94. The van der Waals surface area contributed by atoms with Gasteiger partial charge in [-0.15, -0.1) is 0 Å². The first-order chi connectivity index (χ1) is 11.6. The van der Waals surface area contributed by atoms with E-state index in [1.165, 1.54) is 14.2 Å². The summed E-state index contributed by atoms with van der Waals surface area (Å²) in [5.74, 6) is 0.417. The molecule has 0 heterocycles. The number of fused-ring (bicyclic) bond motifs is 1. The highest BCUT2D eigenvalue weighted by molar-refractivity contribution is 7.98. The first-order valence-electron chi connectivity index (χ1n) is 7.55. The van der Waals surface area contributed by atoms with Crippen molar-refractivity contribution in [1.82, 2.24) is 5.32 Å². The molecule has 2 aromatic rings. The average molecular weight is 347 g/mol. The summed E-state index contributed by atoms with van der Waals surface area (Å²) in [6.45, 7) is 0. The van der Waals surface area contributed by atoms with Crippen molar-refractivity contribution in [1.29, 1.82) is 0 Å². The number of rotatable bonds is 7. The normalized spacial score (nSPS) is 11.8. The van der Waals surface area contributed by atoms with E-state index in [1.807, 2.05) is 36.6 Å². The second-order valence-electron chi connectivity index (χ2n) is 5.23. The van der Waals surface area contributed by atoms with Gasteiger partial charge in [0.15, 0.2) is 0 Å². The smallest absolute Gasteiger partial charge is 0.328 e. The molecule has 0 bridgehead atoms. The topological polar surface area (TPSA) is 64.6 Å². The molecule has 0 aliphatic heterocycles. The molecule has 0 radical (unpaired) electrons. The molecular weight excluding hydrogens is 326 g/mol. The molecule has 6 heteroatoms. The van der Waals surface area contributed by atoms with Crippen LogP contribution in [-0.4, -0.2) is 44.1 Å². The molecule has 24 heavy (non-hydrogen) atoms. The van der Waals surface area contributed by atoms with Crippen molar-refractivity contribution >= 4 is 34.4 Å². The lowest BCUT2D eigenvalue weighted by Gasteiger charge is -2.17. The number of amides is 1. The Morgan fingerprint density at radius 1 is 1.17 bits per heavy atom. The number of ether oxygens (including phenoxy) is 2. The summed E-state index contributed by atoms with van der Waals surface area (Å²) < 4.78 is 10.1. The van der Waals surface area contributed by atoms with Gasteiger partial charge in [-0.25, -0.2) is 4.79 Å². The van der Waals surface area contributed by atoms with Crippen LogP contribution in [0.4, 0.5) is 0 Å². The van der Waals surface area contributed by atoms with Gasteiger partial charge in [0.05, 0.1) is 19.8 Å². The minimum Gasteiger partial charge on any atom is -0.496 e. The fraction of sp³-hybridized carbons (Fsp3) is 0.333. The second-order valence-corrected chi connectivity index (χ2v) is 6.22. The zero-order valence-corrected chi connectivity index (χ0v) is 14.8. The molecule has 0 aliphatic rings.